The first kappa shape index (κ1) is 20.2. The van der Waals surface area contributed by atoms with Crippen molar-refractivity contribution < 1.29 is 35.0 Å². The van der Waals surface area contributed by atoms with Gasteiger partial charge in [0, 0.05) is 0 Å². The van der Waals surface area contributed by atoms with Gasteiger partial charge < -0.3 is 35.0 Å². The molecule has 0 amide bonds. The summed E-state index contributed by atoms with van der Waals surface area (Å²) in [6.07, 6.45) is -0.821. The molecule has 0 aromatic carbocycles. The zero-order valence-corrected chi connectivity index (χ0v) is 13.6. The molecule has 1 aliphatic heterocycles. The summed E-state index contributed by atoms with van der Waals surface area (Å²) < 4.78 is 10.6. The molecule has 23 heavy (non-hydrogen) atoms. The molecule has 7 nitrogen and oxygen atoms in total. The number of hydrogen-bond donors (Lipinski definition) is 5. The Morgan fingerprint density at radius 1 is 1.00 bits per heavy atom. The van der Waals surface area contributed by atoms with Gasteiger partial charge in [-0.15, -0.1) is 0 Å². The average molecular weight is 332 g/mol. The van der Waals surface area contributed by atoms with Gasteiger partial charge in [-0.05, 0) is 26.7 Å². The van der Waals surface area contributed by atoms with Crippen LogP contribution >= 0.6 is 0 Å². The van der Waals surface area contributed by atoms with Crippen molar-refractivity contribution in [2.45, 2.75) is 57.4 Å². The highest BCUT2D eigenvalue weighted by Gasteiger charge is 2.43. The Morgan fingerprint density at radius 2 is 1.70 bits per heavy atom. The van der Waals surface area contributed by atoms with E-state index in [1.54, 1.807) is 0 Å². The fraction of sp³-hybridized carbons (Fsp3) is 0.750. The highest BCUT2D eigenvalue weighted by molar-refractivity contribution is 5.03. The van der Waals surface area contributed by atoms with Crippen molar-refractivity contribution >= 4 is 0 Å². The summed E-state index contributed by atoms with van der Waals surface area (Å²) in [5.41, 5.74) is 2.01. The van der Waals surface area contributed by atoms with Crippen LogP contribution in [-0.4, -0.2) is 76.1 Å². The summed E-state index contributed by atoms with van der Waals surface area (Å²) in [6.45, 7) is 3.57. The van der Waals surface area contributed by atoms with E-state index in [4.69, 9.17) is 19.7 Å². The van der Waals surface area contributed by atoms with E-state index in [2.05, 4.69) is 0 Å². The third-order valence-corrected chi connectivity index (χ3v) is 3.82. The lowest BCUT2D eigenvalue weighted by molar-refractivity contribution is -0.298. The Balaban J connectivity index is 2.42. The molecule has 0 bridgehead atoms. The van der Waals surface area contributed by atoms with E-state index in [1.807, 2.05) is 26.0 Å². The lowest BCUT2D eigenvalue weighted by Crippen LogP contribution is -2.59. The molecule has 134 valence electrons. The average Bonchev–Trinajstić information content (AvgIpc) is 2.54. The van der Waals surface area contributed by atoms with Crippen LogP contribution in [0.4, 0.5) is 0 Å². The summed E-state index contributed by atoms with van der Waals surface area (Å²) in [5, 5.41) is 47.1. The predicted molar refractivity (Wildman–Crippen MR) is 83.6 cm³/mol. The number of allylic oxidation sites excluding steroid dienone is 2. The highest BCUT2D eigenvalue weighted by Crippen LogP contribution is 2.22. The lowest BCUT2D eigenvalue weighted by atomic mass is 9.99. The van der Waals surface area contributed by atoms with Crippen LogP contribution < -0.4 is 0 Å². The van der Waals surface area contributed by atoms with E-state index in [-0.39, 0.29) is 13.2 Å². The van der Waals surface area contributed by atoms with Crippen LogP contribution in [0.5, 0.6) is 0 Å². The minimum absolute atomic E-state index is 0.0585. The maximum atomic E-state index is 9.82. The van der Waals surface area contributed by atoms with E-state index >= 15 is 0 Å². The van der Waals surface area contributed by atoms with Gasteiger partial charge in [-0.3, -0.25) is 0 Å². The fourth-order valence-corrected chi connectivity index (χ4v) is 2.20. The van der Waals surface area contributed by atoms with Crippen LogP contribution in [0.15, 0.2) is 23.3 Å². The normalized spacial score (nSPS) is 33.1. The Labute approximate surface area is 136 Å². The lowest BCUT2D eigenvalue weighted by Gasteiger charge is -2.39. The van der Waals surface area contributed by atoms with Gasteiger partial charge in [0.2, 0.25) is 0 Å². The molecule has 0 saturated carbocycles. The summed E-state index contributed by atoms with van der Waals surface area (Å²) in [4.78, 5) is 0. The second kappa shape index (κ2) is 10.1. The smallest absolute Gasteiger partial charge is 0.187 e. The van der Waals surface area contributed by atoms with Crippen LogP contribution in [0.25, 0.3) is 0 Å². The second-order valence-electron chi connectivity index (χ2n) is 5.83. The fourth-order valence-electron chi connectivity index (χ4n) is 2.20. The Morgan fingerprint density at radius 3 is 2.30 bits per heavy atom. The molecular weight excluding hydrogens is 304 g/mol. The van der Waals surface area contributed by atoms with Crippen molar-refractivity contribution in [2.75, 3.05) is 19.8 Å². The first-order chi connectivity index (χ1) is 10.9. The molecule has 1 rings (SSSR count). The zero-order chi connectivity index (χ0) is 17.4. The minimum atomic E-state index is -1.43. The molecule has 5 atom stereocenters. The number of aliphatic hydroxyl groups is 5. The Bertz CT molecular complexity index is 405. The standard InChI is InChI=1S/C16H28O7/c1-10(4-3-5-11(2)8-17)6-7-22-16-15(21)14(20)13(19)12(9-18)23-16/h5-6,12-21H,3-4,7-9H2,1-2H3/b10-6+,11-5-. The predicted octanol–water partition coefficient (Wildman–Crippen LogP) is -0.532. The minimum Gasteiger partial charge on any atom is -0.394 e. The Kier molecular flexibility index (Phi) is 8.93. The SMILES string of the molecule is C/C(=C/CC/C(C)=C/COC1OC(CO)C(O)C(O)C1O)CO. The van der Waals surface area contributed by atoms with Gasteiger partial charge in [0.1, 0.15) is 24.4 Å². The molecular formula is C16H28O7. The summed E-state index contributed by atoms with van der Waals surface area (Å²) >= 11 is 0. The van der Waals surface area contributed by atoms with Gasteiger partial charge in [-0.2, -0.15) is 0 Å². The molecule has 1 saturated heterocycles. The van der Waals surface area contributed by atoms with Crippen molar-refractivity contribution in [3.8, 4) is 0 Å². The van der Waals surface area contributed by atoms with Crippen LogP contribution in [0.3, 0.4) is 0 Å². The maximum absolute atomic E-state index is 9.82. The third kappa shape index (κ3) is 6.31. The summed E-state index contributed by atoms with van der Waals surface area (Å²) in [6, 6.07) is 0. The number of hydrogen-bond acceptors (Lipinski definition) is 7. The van der Waals surface area contributed by atoms with E-state index in [0.29, 0.717) is 0 Å². The van der Waals surface area contributed by atoms with Crippen molar-refractivity contribution in [3.05, 3.63) is 23.3 Å². The number of aliphatic hydroxyl groups excluding tert-OH is 5. The molecule has 1 aliphatic rings. The van der Waals surface area contributed by atoms with E-state index in [9.17, 15) is 15.3 Å². The molecule has 0 radical (unpaired) electrons. The molecule has 5 unspecified atom stereocenters. The van der Waals surface area contributed by atoms with Gasteiger partial charge in [0.25, 0.3) is 0 Å². The first-order valence-electron chi connectivity index (χ1n) is 7.75. The van der Waals surface area contributed by atoms with Crippen molar-refractivity contribution in [1.82, 2.24) is 0 Å². The maximum Gasteiger partial charge on any atom is 0.187 e. The number of ether oxygens (including phenoxy) is 2. The van der Waals surface area contributed by atoms with Gasteiger partial charge in [-0.1, -0.05) is 23.3 Å². The van der Waals surface area contributed by atoms with Crippen molar-refractivity contribution in [3.63, 3.8) is 0 Å². The van der Waals surface area contributed by atoms with Gasteiger partial charge in [0.05, 0.1) is 19.8 Å². The van der Waals surface area contributed by atoms with E-state index < -0.39 is 37.3 Å². The molecule has 0 aliphatic carbocycles. The van der Waals surface area contributed by atoms with Crippen LogP contribution in [0, 0.1) is 0 Å². The number of rotatable bonds is 8. The van der Waals surface area contributed by atoms with Crippen molar-refractivity contribution in [1.29, 1.82) is 0 Å². The molecule has 1 fully saturated rings. The van der Waals surface area contributed by atoms with Crippen LogP contribution in [0.1, 0.15) is 26.7 Å². The van der Waals surface area contributed by atoms with E-state index in [0.717, 1.165) is 24.0 Å². The summed E-state index contributed by atoms with van der Waals surface area (Å²) in [5.74, 6) is 0. The second-order valence-corrected chi connectivity index (χ2v) is 5.83. The topological polar surface area (TPSA) is 120 Å². The van der Waals surface area contributed by atoms with Gasteiger partial charge in [-0.25, -0.2) is 0 Å². The van der Waals surface area contributed by atoms with Gasteiger partial charge in [0.15, 0.2) is 6.29 Å². The Hall–Kier alpha value is -0.800. The molecule has 1 heterocycles. The van der Waals surface area contributed by atoms with E-state index in [1.165, 1.54) is 0 Å². The quantitative estimate of drug-likeness (QED) is 0.379. The first-order valence-corrected chi connectivity index (χ1v) is 7.75. The molecule has 0 spiro atoms. The molecule has 7 heteroatoms. The van der Waals surface area contributed by atoms with Crippen LogP contribution in [0.2, 0.25) is 0 Å². The largest absolute Gasteiger partial charge is 0.394 e. The van der Waals surface area contributed by atoms with Gasteiger partial charge >= 0.3 is 0 Å². The zero-order valence-electron chi connectivity index (χ0n) is 13.6. The molecule has 0 aromatic heterocycles. The highest BCUT2D eigenvalue weighted by atomic mass is 16.7. The third-order valence-electron chi connectivity index (χ3n) is 3.82. The van der Waals surface area contributed by atoms with Crippen molar-refractivity contribution in [2.24, 2.45) is 0 Å². The molecule has 0 aromatic rings. The monoisotopic (exact) mass is 332 g/mol. The molecule has 5 N–H and O–H groups in total. The summed E-state index contributed by atoms with van der Waals surface area (Å²) in [7, 11) is 0. The van der Waals surface area contributed by atoms with Crippen LogP contribution in [-0.2, 0) is 9.47 Å².